The van der Waals surface area contributed by atoms with Crippen LogP contribution in [0, 0.1) is 0 Å². The predicted octanol–water partition coefficient (Wildman–Crippen LogP) is 3.36. The average molecular weight is 343 g/mol. The van der Waals surface area contributed by atoms with E-state index in [1.807, 2.05) is 0 Å². The fourth-order valence-electron chi connectivity index (χ4n) is 1.91. The Morgan fingerprint density at radius 2 is 1.57 bits per heavy atom. The summed E-state index contributed by atoms with van der Waals surface area (Å²) in [5.41, 5.74) is -1.35. The molecule has 0 unspecified atom stereocenters. The molecule has 23 heavy (non-hydrogen) atoms. The number of anilines is 1. The number of sulfone groups is 1. The Labute approximate surface area is 130 Å². The van der Waals surface area contributed by atoms with Gasteiger partial charge in [0, 0.05) is 11.9 Å². The number of alkyl halides is 3. The number of halogens is 3. The van der Waals surface area contributed by atoms with Gasteiger partial charge in [-0.1, -0.05) is 12.1 Å². The third-order valence-electron chi connectivity index (χ3n) is 3.02. The van der Waals surface area contributed by atoms with E-state index in [9.17, 15) is 26.4 Å². The minimum absolute atomic E-state index is 0.0474. The zero-order valence-electron chi connectivity index (χ0n) is 11.9. The molecular weight excluding hydrogens is 331 g/mol. The third kappa shape index (κ3) is 4.10. The van der Waals surface area contributed by atoms with Gasteiger partial charge < -0.3 is 5.32 Å². The molecule has 0 spiro atoms. The molecule has 0 aromatic heterocycles. The fraction of sp³-hybridized carbons (Fsp3) is 0.133. The van der Waals surface area contributed by atoms with Crippen LogP contribution in [0.15, 0.2) is 53.4 Å². The summed E-state index contributed by atoms with van der Waals surface area (Å²) in [7, 11) is -3.39. The Balaban J connectivity index is 2.27. The molecule has 0 bridgehead atoms. The molecule has 4 nitrogen and oxygen atoms in total. The van der Waals surface area contributed by atoms with Gasteiger partial charge in [-0.15, -0.1) is 0 Å². The minimum atomic E-state index is -4.64. The normalized spacial score (nSPS) is 12.0. The lowest BCUT2D eigenvalue weighted by molar-refractivity contribution is -0.137. The highest BCUT2D eigenvalue weighted by molar-refractivity contribution is 7.90. The van der Waals surface area contributed by atoms with Crippen LogP contribution >= 0.6 is 0 Å². The van der Waals surface area contributed by atoms with E-state index in [-0.39, 0.29) is 10.6 Å². The first-order valence-electron chi connectivity index (χ1n) is 6.37. The largest absolute Gasteiger partial charge is 0.417 e. The standard InChI is InChI=1S/C15H12F3NO3S/c1-23(21,22)11-8-6-10(7-9-11)19-14(20)12-4-2-3-5-13(12)15(16,17)18/h2-9H,1H3,(H,19,20). The van der Waals surface area contributed by atoms with Gasteiger partial charge in [0.1, 0.15) is 0 Å². The van der Waals surface area contributed by atoms with Crippen molar-refractivity contribution in [2.24, 2.45) is 0 Å². The Bertz CT molecular complexity index is 828. The summed E-state index contributed by atoms with van der Waals surface area (Å²) in [4.78, 5) is 12.1. The number of carbonyl (C=O) groups is 1. The lowest BCUT2D eigenvalue weighted by Crippen LogP contribution is -2.18. The van der Waals surface area contributed by atoms with Crippen molar-refractivity contribution in [1.82, 2.24) is 0 Å². The fourth-order valence-corrected chi connectivity index (χ4v) is 2.54. The summed E-state index contributed by atoms with van der Waals surface area (Å²) in [5.74, 6) is -0.926. The topological polar surface area (TPSA) is 63.2 Å². The second-order valence-electron chi connectivity index (χ2n) is 4.79. The van der Waals surface area contributed by atoms with Crippen LogP contribution in [-0.2, 0) is 16.0 Å². The quantitative estimate of drug-likeness (QED) is 0.929. The maximum atomic E-state index is 12.9. The summed E-state index contributed by atoms with van der Waals surface area (Å²) in [5, 5.41) is 2.32. The van der Waals surface area contributed by atoms with E-state index in [0.29, 0.717) is 0 Å². The van der Waals surface area contributed by atoms with Gasteiger partial charge in [0.15, 0.2) is 9.84 Å². The van der Waals surface area contributed by atoms with Crippen molar-refractivity contribution in [2.45, 2.75) is 11.1 Å². The molecule has 0 fully saturated rings. The highest BCUT2D eigenvalue weighted by atomic mass is 32.2. The number of benzene rings is 2. The van der Waals surface area contributed by atoms with Gasteiger partial charge in [-0.05, 0) is 36.4 Å². The van der Waals surface area contributed by atoms with Gasteiger partial charge in [0.2, 0.25) is 0 Å². The minimum Gasteiger partial charge on any atom is -0.322 e. The van der Waals surface area contributed by atoms with Crippen LogP contribution in [-0.4, -0.2) is 20.6 Å². The van der Waals surface area contributed by atoms with E-state index in [1.54, 1.807) is 0 Å². The number of hydrogen-bond donors (Lipinski definition) is 1. The van der Waals surface area contributed by atoms with Crippen LogP contribution in [0.1, 0.15) is 15.9 Å². The van der Waals surface area contributed by atoms with E-state index in [0.717, 1.165) is 18.4 Å². The van der Waals surface area contributed by atoms with Crippen LogP contribution in [0.5, 0.6) is 0 Å². The van der Waals surface area contributed by atoms with E-state index in [2.05, 4.69) is 5.32 Å². The summed E-state index contributed by atoms with van der Waals surface area (Å²) in [6, 6.07) is 9.57. The molecule has 8 heteroatoms. The van der Waals surface area contributed by atoms with Gasteiger partial charge in [0.25, 0.3) is 5.91 Å². The molecule has 0 radical (unpaired) electrons. The second kappa shape index (κ2) is 6.04. The zero-order chi connectivity index (χ0) is 17.3. The van der Waals surface area contributed by atoms with Gasteiger partial charge in [-0.3, -0.25) is 4.79 Å². The highest BCUT2D eigenvalue weighted by Crippen LogP contribution is 2.32. The van der Waals surface area contributed by atoms with Crippen molar-refractivity contribution in [3.63, 3.8) is 0 Å². The van der Waals surface area contributed by atoms with Crippen LogP contribution in [0.2, 0.25) is 0 Å². The third-order valence-corrected chi connectivity index (χ3v) is 4.15. The van der Waals surface area contributed by atoms with E-state index >= 15 is 0 Å². The SMILES string of the molecule is CS(=O)(=O)c1ccc(NC(=O)c2ccccc2C(F)(F)F)cc1. The van der Waals surface area contributed by atoms with Crippen LogP contribution in [0.4, 0.5) is 18.9 Å². The first-order valence-corrected chi connectivity index (χ1v) is 8.26. The van der Waals surface area contributed by atoms with Gasteiger partial charge in [0.05, 0.1) is 16.0 Å². The van der Waals surface area contributed by atoms with Gasteiger partial charge >= 0.3 is 6.18 Å². The molecule has 2 aromatic carbocycles. The average Bonchev–Trinajstić information content (AvgIpc) is 2.46. The molecule has 1 N–H and O–H groups in total. The maximum absolute atomic E-state index is 12.9. The molecular formula is C15H12F3NO3S. The Kier molecular flexibility index (Phi) is 4.46. The Hall–Kier alpha value is -2.35. The highest BCUT2D eigenvalue weighted by Gasteiger charge is 2.34. The molecule has 0 saturated heterocycles. The first-order chi connectivity index (χ1) is 10.6. The number of rotatable bonds is 3. The molecule has 0 aliphatic rings. The monoisotopic (exact) mass is 343 g/mol. The summed E-state index contributed by atoms with van der Waals surface area (Å²) in [6.45, 7) is 0. The van der Waals surface area contributed by atoms with Gasteiger partial charge in [-0.2, -0.15) is 13.2 Å². The molecule has 0 aliphatic heterocycles. The number of amides is 1. The van der Waals surface area contributed by atoms with Crippen LogP contribution in [0.3, 0.4) is 0 Å². The van der Waals surface area contributed by atoms with Crippen LogP contribution in [0.25, 0.3) is 0 Å². The molecule has 2 aromatic rings. The molecule has 1 amide bonds. The first kappa shape index (κ1) is 17.0. The van der Waals surface area contributed by atoms with E-state index in [1.165, 1.54) is 36.4 Å². The van der Waals surface area contributed by atoms with Crippen molar-refractivity contribution in [2.75, 3.05) is 11.6 Å². The Morgan fingerprint density at radius 3 is 2.09 bits per heavy atom. The smallest absolute Gasteiger partial charge is 0.322 e. The van der Waals surface area contributed by atoms with Crippen molar-refractivity contribution < 1.29 is 26.4 Å². The molecule has 0 saturated carbocycles. The van der Waals surface area contributed by atoms with Crippen molar-refractivity contribution in [3.8, 4) is 0 Å². The van der Waals surface area contributed by atoms with Crippen LogP contribution < -0.4 is 5.32 Å². The number of carbonyl (C=O) groups excluding carboxylic acids is 1. The lowest BCUT2D eigenvalue weighted by Gasteiger charge is -2.12. The van der Waals surface area contributed by atoms with E-state index in [4.69, 9.17) is 0 Å². The summed E-state index contributed by atoms with van der Waals surface area (Å²) < 4.78 is 61.3. The maximum Gasteiger partial charge on any atom is 0.417 e. The van der Waals surface area contributed by atoms with Crippen molar-refractivity contribution in [3.05, 3.63) is 59.7 Å². The lowest BCUT2D eigenvalue weighted by atomic mass is 10.1. The Morgan fingerprint density at radius 1 is 1.00 bits per heavy atom. The molecule has 2 rings (SSSR count). The summed E-state index contributed by atoms with van der Waals surface area (Å²) in [6.07, 6.45) is -3.62. The van der Waals surface area contributed by atoms with E-state index < -0.39 is 33.0 Å². The predicted molar refractivity (Wildman–Crippen MR) is 78.9 cm³/mol. The van der Waals surface area contributed by atoms with Gasteiger partial charge in [-0.25, -0.2) is 8.42 Å². The summed E-state index contributed by atoms with van der Waals surface area (Å²) >= 11 is 0. The van der Waals surface area contributed by atoms with Crippen molar-refractivity contribution >= 4 is 21.4 Å². The molecule has 0 aliphatic carbocycles. The number of nitrogens with one attached hydrogen (secondary N) is 1. The second-order valence-corrected chi connectivity index (χ2v) is 6.81. The molecule has 0 atom stereocenters. The number of hydrogen-bond acceptors (Lipinski definition) is 3. The van der Waals surface area contributed by atoms with Crippen molar-refractivity contribution in [1.29, 1.82) is 0 Å². The zero-order valence-corrected chi connectivity index (χ0v) is 12.7. The molecule has 122 valence electrons. The molecule has 0 heterocycles.